The van der Waals surface area contributed by atoms with Crippen molar-refractivity contribution in [2.75, 3.05) is 26.1 Å². The number of rotatable bonds is 2. The quantitative estimate of drug-likeness (QED) is 0.209. The first-order valence-corrected chi connectivity index (χ1v) is 17.5. The van der Waals surface area contributed by atoms with E-state index in [4.69, 9.17) is 56.9 Å². The summed E-state index contributed by atoms with van der Waals surface area (Å²) in [6.45, 7) is -6.75. The fourth-order valence-electron chi connectivity index (χ4n) is 4.81. The third-order valence-electron chi connectivity index (χ3n) is 6.60. The van der Waals surface area contributed by atoms with Crippen molar-refractivity contribution in [3.63, 3.8) is 0 Å². The van der Waals surface area contributed by atoms with E-state index in [1.165, 1.54) is 24.3 Å². The number of aromatic nitrogens is 8. The highest BCUT2D eigenvalue weighted by Gasteiger charge is 2.50. The van der Waals surface area contributed by atoms with Crippen LogP contribution in [0.15, 0.2) is 17.4 Å². The van der Waals surface area contributed by atoms with Gasteiger partial charge in [-0.3, -0.25) is 13.9 Å². The number of methoxy groups -OCH3 is 1. The maximum absolute atomic E-state index is 12.5. The van der Waals surface area contributed by atoms with Gasteiger partial charge in [0.05, 0.1) is 19.5 Å². The largest absolute Gasteiger partial charge is 0.382 e. The minimum Gasteiger partial charge on any atom is -0.382 e. The molecule has 4 aromatic rings. The van der Waals surface area contributed by atoms with Gasteiger partial charge in [-0.05, 0) is 30.5 Å². The van der Waals surface area contributed by atoms with E-state index in [9.17, 15) is 14.6 Å². The lowest BCUT2D eigenvalue weighted by Gasteiger charge is -2.27. The molecule has 226 valence electrons. The van der Waals surface area contributed by atoms with Crippen molar-refractivity contribution in [2.45, 2.75) is 44.6 Å². The first-order chi connectivity index (χ1) is 20.0. The van der Waals surface area contributed by atoms with Crippen LogP contribution in [-0.2, 0) is 64.3 Å². The van der Waals surface area contributed by atoms with E-state index >= 15 is 0 Å². The Morgan fingerprint density at radius 1 is 1.12 bits per heavy atom. The number of aromatic amines is 1. The molecular weight excluding hydrogens is 636 g/mol. The van der Waals surface area contributed by atoms with Gasteiger partial charge in [0.1, 0.15) is 42.9 Å². The fourth-order valence-corrected chi connectivity index (χ4v) is 7.26. The molecule has 0 aliphatic carbocycles. The number of aryl methyl sites for hydroxylation is 1. The highest BCUT2D eigenvalue weighted by atomic mass is 32.5. The number of nitrogen functional groups attached to an aromatic ring is 1. The van der Waals surface area contributed by atoms with Gasteiger partial charge in [-0.1, -0.05) is 0 Å². The number of H-pyrrole nitrogens is 1. The molecule has 0 amide bonds. The molecule has 22 heteroatoms. The molecule has 0 aromatic carbocycles. The van der Waals surface area contributed by atoms with Gasteiger partial charge in [-0.2, -0.15) is 0 Å². The lowest BCUT2D eigenvalue weighted by molar-refractivity contribution is -0.0511. The minimum absolute atomic E-state index is 0.0546. The molecule has 5 N–H and O–H groups in total. The Morgan fingerprint density at radius 2 is 1.93 bits per heavy atom. The first kappa shape index (κ1) is 29.7. The van der Waals surface area contributed by atoms with Crippen molar-refractivity contribution >= 4 is 65.2 Å². The van der Waals surface area contributed by atoms with Gasteiger partial charge in [0.2, 0.25) is 0 Å². The summed E-state index contributed by atoms with van der Waals surface area (Å²) in [5.41, 5.74) is 6.44. The van der Waals surface area contributed by atoms with Crippen LogP contribution < -0.4 is 11.3 Å². The van der Waals surface area contributed by atoms with E-state index < -0.39 is 43.5 Å². The predicted molar refractivity (Wildman–Crippen MR) is 152 cm³/mol. The Morgan fingerprint density at radius 3 is 2.71 bits per heavy atom. The number of fused-ring (bicyclic) bond motifs is 6. The zero-order valence-corrected chi connectivity index (χ0v) is 25.4. The molecule has 0 radical (unpaired) electrons. The van der Waals surface area contributed by atoms with Crippen molar-refractivity contribution in [3.8, 4) is 0 Å². The highest BCUT2D eigenvalue weighted by molar-refractivity contribution is 8.07. The summed E-state index contributed by atoms with van der Waals surface area (Å²) in [4.78, 5) is 58.2. The Balaban J connectivity index is 1.40. The SMILES string of the molecule is CO[C@H]1[C@H]2OP(O)(=S)OCc3nc4c(N)ncnc4n3CCOP(O)(=S)OC[C@H]1O[C@H]2n1cnc2c(=O)[nH]c(C)nc21. The van der Waals surface area contributed by atoms with E-state index in [2.05, 4.69) is 29.9 Å². The van der Waals surface area contributed by atoms with Crippen molar-refractivity contribution in [1.82, 2.24) is 39.0 Å². The van der Waals surface area contributed by atoms with Crippen LogP contribution in [0.25, 0.3) is 22.3 Å². The topological polar surface area (TPSA) is 229 Å². The average molecular weight is 662 g/mol. The minimum atomic E-state index is -4.03. The van der Waals surface area contributed by atoms with Crippen LogP contribution in [-0.4, -0.2) is 87.5 Å². The molecule has 2 unspecified atom stereocenters. The maximum Gasteiger partial charge on any atom is 0.325 e. The second-order valence-corrected chi connectivity index (χ2v) is 14.9. The van der Waals surface area contributed by atoms with Gasteiger partial charge in [-0.15, -0.1) is 0 Å². The number of ether oxygens (including phenoxy) is 2. The van der Waals surface area contributed by atoms with Gasteiger partial charge in [0.25, 0.3) is 5.56 Å². The molecular formula is C20H25N9O9P2S2. The Hall–Kier alpha value is -2.32. The summed E-state index contributed by atoms with van der Waals surface area (Å²) in [6.07, 6.45) is -1.41. The third-order valence-corrected chi connectivity index (χ3v) is 9.76. The average Bonchev–Trinajstić information content (AvgIpc) is 3.60. The number of hydrogen-bond acceptors (Lipinski definition) is 15. The zero-order chi connectivity index (χ0) is 29.8. The van der Waals surface area contributed by atoms with Gasteiger partial charge in [-0.25, -0.2) is 24.9 Å². The summed E-state index contributed by atoms with van der Waals surface area (Å²) in [6, 6.07) is 0. The Labute approximate surface area is 246 Å². The van der Waals surface area contributed by atoms with E-state index in [0.29, 0.717) is 17.0 Å². The van der Waals surface area contributed by atoms with Gasteiger partial charge in [0, 0.05) is 13.7 Å². The molecule has 2 aliphatic rings. The summed E-state index contributed by atoms with van der Waals surface area (Å²) in [7, 11) is 1.40. The van der Waals surface area contributed by atoms with Crippen molar-refractivity contribution in [2.24, 2.45) is 0 Å². The number of nitrogens with two attached hydrogens (primary N) is 1. The van der Waals surface area contributed by atoms with Gasteiger partial charge in [0.15, 0.2) is 34.4 Å². The molecule has 4 aromatic heterocycles. The van der Waals surface area contributed by atoms with Crippen LogP contribution in [0.4, 0.5) is 5.82 Å². The van der Waals surface area contributed by atoms with Crippen molar-refractivity contribution in [1.29, 1.82) is 0 Å². The standard InChI is InChI=1S/C20H25N9O9P2S2/c1-9-25-18-13(19(30)26-9)24-8-29(18)20-15-14(33-2)10(37-20)5-35-39(31,41)34-4-3-28-11(6-36-40(32,42)38-15)27-12-16(21)22-7-23-17(12)28/h7-8,10,14-15,20H,3-6H2,1-2H3,(H,31,41)(H,32,42)(H2,21,22,23)(H,25,26,30)/t10-,14-,15-,20-,39?,40?/m1/s1. The number of imidazole rings is 2. The normalized spacial score (nSPS) is 31.1. The zero-order valence-electron chi connectivity index (χ0n) is 22.0. The smallest absolute Gasteiger partial charge is 0.325 e. The molecule has 2 bridgehead atoms. The molecule has 1 saturated heterocycles. The molecule has 6 heterocycles. The van der Waals surface area contributed by atoms with Crippen LogP contribution in [0.5, 0.6) is 0 Å². The van der Waals surface area contributed by atoms with Crippen LogP contribution in [0.1, 0.15) is 17.9 Å². The Kier molecular flexibility index (Phi) is 8.01. The Bertz CT molecular complexity index is 1820. The number of hydrogen-bond donors (Lipinski definition) is 4. The number of nitrogens with one attached hydrogen (secondary N) is 1. The molecule has 6 atom stereocenters. The van der Waals surface area contributed by atoms with E-state index in [1.807, 2.05) is 0 Å². The molecule has 0 saturated carbocycles. The summed E-state index contributed by atoms with van der Waals surface area (Å²) in [5.74, 6) is 0.736. The van der Waals surface area contributed by atoms with Crippen molar-refractivity contribution < 1.29 is 37.4 Å². The molecule has 6 rings (SSSR count). The molecule has 1 fully saturated rings. The second-order valence-electron chi connectivity index (χ2n) is 9.26. The van der Waals surface area contributed by atoms with Gasteiger partial charge < -0.3 is 48.1 Å². The summed E-state index contributed by atoms with van der Waals surface area (Å²) < 4.78 is 37.9. The monoisotopic (exact) mass is 661 g/mol. The highest BCUT2D eigenvalue weighted by Crippen LogP contribution is 2.52. The van der Waals surface area contributed by atoms with E-state index in [1.54, 1.807) is 11.5 Å². The van der Waals surface area contributed by atoms with E-state index in [-0.39, 0.29) is 49.2 Å². The van der Waals surface area contributed by atoms with Crippen molar-refractivity contribution in [3.05, 3.63) is 34.7 Å². The maximum atomic E-state index is 12.5. The van der Waals surface area contributed by atoms with Crippen LogP contribution in [0.2, 0.25) is 0 Å². The van der Waals surface area contributed by atoms with E-state index in [0.717, 1.165) is 0 Å². The van der Waals surface area contributed by atoms with Crippen LogP contribution in [0.3, 0.4) is 0 Å². The number of anilines is 1. The van der Waals surface area contributed by atoms with Gasteiger partial charge >= 0.3 is 13.4 Å². The predicted octanol–water partition coefficient (Wildman–Crippen LogP) is 0.145. The molecule has 0 spiro atoms. The lowest BCUT2D eigenvalue weighted by atomic mass is 10.1. The molecule has 2 aliphatic heterocycles. The summed E-state index contributed by atoms with van der Waals surface area (Å²) in [5, 5.41) is 0. The molecule has 18 nitrogen and oxygen atoms in total. The fraction of sp³-hybridized carbons (Fsp3) is 0.500. The number of nitrogens with zero attached hydrogens (tertiary/aromatic N) is 7. The third kappa shape index (κ3) is 5.66. The second kappa shape index (κ2) is 11.3. The molecule has 42 heavy (non-hydrogen) atoms. The van der Waals surface area contributed by atoms with Crippen LogP contribution >= 0.6 is 13.4 Å². The lowest BCUT2D eigenvalue weighted by Crippen LogP contribution is -2.37. The first-order valence-electron chi connectivity index (χ1n) is 12.3. The van der Waals surface area contributed by atoms with Crippen LogP contribution in [0, 0.1) is 6.92 Å². The summed E-state index contributed by atoms with van der Waals surface area (Å²) >= 11 is 10.6.